The SMILES string of the molecule is CCS(=O)(=O)NCc1nnc(C(=O)Nc2ccc(OC)cc2)s1. The maximum absolute atomic E-state index is 12.1. The van der Waals surface area contributed by atoms with Crippen molar-refractivity contribution in [1.29, 1.82) is 0 Å². The lowest BCUT2D eigenvalue weighted by molar-refractivity contribution is 0.102. The van der Waals surface area contributed by atoms with Crippen LogP contribution in [0.5, 0.6) is 5.75 Å². The number of carbonyl (C=O) groups excluding carboxylic acids is 1. The van der Waals surface area contributed by atoms with Crippen molar-refractivity contribution in [1.82, 2.24) is 14.9 Å². The van der Waals surface area contributed by atoms with Crippen LogP contribution >= 0.6 is 11.3 Å². The molecule has 0 aliphatic heterocycles. The number of anilines is 1. The van der Waals surface area contributed by atoms with Crippen molar-refractivity contribution >= 4 is 33.0 Å². The number of methoxy groups -OCH3 is 1. The van der Waals surface area contributed by atoms with Gasteiger partial charge in [-0.05, 0) is 31.2 Å². The summed E-state index contributed by atoms with van der Waals surface area (Å²) >= 11 is 1.03. The zero-order valence-electron chi connectivity index (χ0n) is 12.6. The number of hydrogen-bond acceptors (Lipinski definition) is 7. The summed E-state index contributed by atoms with van der Waals surface area (Å²) in [5, 5.41) is 10.8. The van der Waals surface area contributed by atoms with Gasteiger partial charge in [-0.25, -0.2) is 13.1 Å². The Bertz CT molecular complexity index is 772. The van der Waals surface area contributed by atoms with Crippen molar-refractivity contribution in [3.63, 3.8) is 0 Å². The van der Waals surface area contributed by atoms with E-state index < -0.39 is 15.9 Å². The number of nitrogens with zero attached hydrogens (tertiary/aromatic N) is 2. The summed E-state index contributed by atoms with van der Waals surface area (Å²) in [6, 6.07) is 6.85. The minimum absolute atomic E-state index is 0.0172. The smallest absolute Gasteiger partial charge is 0.286 e. The Hall–Kier alpha value is -2.04. The Kier molecular flexibility index (Phi) is 5.64. The van der Waals surface area contributed by atoms with Crippen molar-refractivity contribution in [2.45, 2.75) is 13.5 Å². The van der Waals surface area contributed by atoms with Gasteiger partial charge in [0.15, 0.2) is 0 Å². The van der Waals surface area contributed by atoms with E-state index in [0.29, 0.717) is 16.4 Å². The number of carbonyl (C=O) groups is 1. The molecule has 0 radical (unpaired) electrons. The molecule has 23 heavy (non-hydrogen) atoms. The van der Waals surface area contributed by atoms with Crippen LogP contribution in [0.3, 0.4) is 0 Å². The van der Waals surface area contributed by atoms with Crippen molar-refractivity contribution in [3.8, 4) is 5.75 Å². The van der Waals surface area contributed by atoms with E-state index >= 15 is 0 Å². The Morgan fingerprint density at radius 2 is 1.96 bits per heavy atom. The van der Waals surface area contributed by atoms with Crippen LogP contribution < -0.4 is 14.8 Å². The van der Waals surface area contributed by atoms with Gasteiger partial charge in [0.1, 0.15) is 10.8 Å². The van der Waals surface area contributed by atoms with Gasteiger partial charge in [0.25, 0.3) is 5.91 Å². The van der Waals surface area contributed by atoms with Gasteiger partial charge in [-0.2, -0.15) is 0 Å². The van der Waals surface area contributed by atoms with Crippen LogP contribution in [0.2, 0.25) is 0 Å². The normalized spacial score (nSPS) is 11.2. The van der Waals surface area contributed by atoms with Gasteiger partial charge in [-0.15, -0.1) is 10.2 Å². The van der Waals surface area contributed by atoms with Crippen LogP contribution in [0.15, 0.2) is 24.3 Å². The molecule has 0 saturated carbocycles. The summed E-state index contributed by atoms with van der Waals surface area (Å²) in [6.45, 7) is 1.56. The predicted octanol–water partition coefficient (Wildman–Crippen LogP) is 1.24. The number of aromatic nitrogens is 2. The summed E-state index contributed by atoms with van der Waals surface area (Å²) in [5.74, 6) is 0.262. The van der Waals surface area contributed by atoms with Gasteiger partial charge < -0.3 is 10.1 Å². The highest BCUT2D eigenvalue weighted by Crippen LogP contribution is 2.17. The van der Waals surface area contributed by atoms with E-state index in [1.807, 2.05) is 0 Å². The standard InChI is InChI=1S/C13H16N4O4S2/c1-3-23(19,20)14-8-11-16-17-13(22-11)12(18)15-9-4-6-10(21-2)7-5-9/h4-7,14H,3,8H2,1-2H3,(H,15,18). The third kappa shape index (κ3) is 4.98. The van der Waals surface area contributed by atoms with Crippen LogP contribution in [0.1, 0.15) is 21.7 Å². The first kappa shape index (κ1) is 17.3. The number of amides is 1. The molecule has 0 saturated heterocycles. The Morgan fingerprint density at radius 1 is 1.26 bits per heavy atom. The van der Waals surface area contributed by atoms with Gasteiger partial charge in [0.05, 0.1) is 19.4 Å². The maximum Gasteiger partial charge on any atom is 0.286 e. The highest BCUT2D eigenvalue weighted by atomic mass is 32.2. The van der Waals surface area contributed by atoms with Crippen LogP contribution in [0, 0.1) is 0 Å². The van der Waals surface area contributed by atoms with Crippen molar-refractivity contribution in [2.75, 3.05) is 18.2 Å². The molecule has 124 valence electrons. The van der Waals surface area contributed by atoms with Gasteiger partial charge in [-0.1, -0.05) is 11.3 Å². The largest absolute Gasteiger partial charge is 0.497 e. The lowest BCUT2D eigenvalue weighted by Gasteiger charge is -2.04. The molecule has 1 amide bonds. The number of ether oxygens (including phenoxy) is 1. The maximum atomic E-state index is 12.1. The number of hydrogen-bond donors (Lipinski definition) is 2. The van der Waals surface area contributed by atoms with Crippen LogP contribution in [-0.2, 0) is 16.6 Å². The van der Waals surface area contributed by atoms with Gasteiger partial charge in [-0.3, -0.25) is 4.79 Å². The third-order valence-electron chi connectivity index (χ3n) is 2.83. The molecule has 1 heterocycles. The first-order chi connectivity index (χ1) is 10.9. The molecule has 1 aromatic heterocycles. The lowest BCUT2D eigenvalue weighted by Crippen LogP contribution is -2.24. The molecule has 0 spiro atoms. The van der Waals surface area contributed by atoms with Crippen molar-refractivity contribution in [2.24, 2.45) is 0 Å². The quantitative estimate of drug-likeness (QED) is 0.772. The molecular formula is C13H16N4O4S2. The predicted molar refractivity (Wildman–Crippen MR) is 87.2 cm³/mol. The highest BCUT2D eigenvalue weighted by Gasteiger charge is 2.14. The minimum Gasteiger partial charge on any atom is -0.497 e. The number of nitrogens with one attached hydrogen (secondary N) is 2. The summed E-state index contributed by atoms with van der Waals surface area (Å²) in [7, 11) is -1.75. The van der Waals surface area contributed by atoms with Crippen molar-refractivity contribution < 1.29 is 17.9 Å². The van der Waals surface area contributed by atoms with Gasteiger partial charge in [0.2, 0.25) is 15.0 Å². The average Bonchev–Trinajstić information content (AvgIpc) is 3.03. The topological polar surface area (TPSA) is 110 Å². The third-order valence-corrected chi connectivity index (χ3v) is 5.10. The fraction of sp³-hybridized carbons (Fsp3) is 0.308. The molecule has 0 atom stereocenters. The Balaban J connectivity index is 1.97. The molecule has 2 N–H and O–H groups in total. The van der Waals surface area contributed by atoms with Gasteiger partial charge >= 0.3 is 0 Å². The molecule has 0 bridgehead atoms. The fourth-order valence-electron chi connectivity index (χ4n) is 1.55. The molecule has 1 aromatic carbocycles. The van der Waals surface area contributed by atoms with Crippen LogP contribution in [0.25, 0.3) is 0 Å². The zero-order valence-corrected chi connectivity index (χ0v) is 14.2. The van der Waals surface area contributed by atoms with E-state index in [2.05, 4.69) is 20.2 Å². The second kappa shape index (κ2) is 7.49. The van der Waals surface area contributed by atoms with Crippen molar-refractivity contribution in [3.05, 3.63) is 34.3 Å². The first-order valence-electron chi connectivity index (χ1n) is 6.68. The van der Waals surface area contributed by atoms with Gasteiger partial charge in [0, 0.05) is 5.69 Å². The second-order valence-electron chi connectivity index (χ2n) is 4.41. The molecule has 0 aliphatic carbocycles. The second-order valence-corrected chi connectivity index (χ2v) is 7.57. The molecule has 8 nitrogen and oxygen atoms in total. The molecular weight excluding hydrogens is 340 g/mol. The minimum atomic E-state index is -3.31. The van der Waals surface area contributed by atoms with E-state index in [4.69, 9.17) is 4.74 Å². The molecule has 2 rings (SSSR count). The van der Waals surface area contributed by atoms with E-state index in [1.165, 1.54) is 6.92 Å². The molecule has 0 aliphatic rings. The average molecular weight is 356 g/mol. The molecule has 0 unspecified atom stereocenters. The van der Waals surface area contributed by atoms with Crippen LogP contribution in [-0.4, -0.2) is 37.4 Å². The lowest BCUT2D eigenvalue weighted by atomic mass is 10.3. The Labute approximate surface area is 137 Å². The summed E-state index contributed by atoms with van der Waals surface area (Å²) in [4.78, 5) is 12.1. The molecule has 2 aromatic rings. The number of rotatable bonds is 7. The van der Waals surface area contributed by atoms with E-state index in [0.717, 1.165) is 11.3 Å². The fourth-order valence-corrected chi connectivity index (χ4v) is 2.88. The summed E-state index contributed by atoms with van der Waals surface area (Å²) < 4.78 is 30.1. The van der Waals surface area contributed by atoms with E-state index in [-0.39, 0.29) is 17.3 Å². The Morgan fingerprint density at radius 3 is 2.57 bits per heavy atom. The summed E-state index contributed by atoms with van der Waals surface area (Å²) in [6.07, 6.45) is 0. The number of benzene rings is 1. The van der Waals surface area contributed by atoms with E-state index in [9.17, 15) is 13.2 Å². The first-order valence-corrected chi connectivity index (χ1v) is 9.15. The highest BCUT2D eigenvalue weighted by molar-refractivity contribution is 7.89. The monoisotopic (exact) mass is 356 g/mol. The van der Waals surface area contributed by atoms with E-state index in [1.54, 1.807) is 31.4 Å². The number of sulfonamides is 1. The molecule has 0 fully saturated rings. The van der Waals surface area contributed by atoms with Crippen LogP contribution in [0.4, 0.5) is 5.69 Å². The zero-order chi connectivity index (χ0) is 16.9. The summed E-state index contributed by atoms with van der Waals surface area (Å²) in [5.41, 5.74) is 0.597. The molecule has 10 heteroatoms.